The summed E-state index contributed by atoms with van der Waals surface area (Å²) in [5.74, 6) is 1.69. The molecule has 0 bridgehead atoms. The van der Waals surface area contributed by atoms with Gasteiger partial charge in [-0.25, -0.2) is 4.79 Å². The van der Waals surface area contributed by atoms with E-state index in [2.05, 4.69) is 25.8 Å². The fourth-order valence-electron chi connectivity index (χ4n) is 2.08. The van der Waals surface area contributed by atoms with E-state index in [1.54, 1.807) is 11.8 Å². The Kier molecular flexibility index (Phi) is 5.37. The zero-order valence-corrected chi connectivity index (χ0v) is 13.9. The number of nitrogens with zero attached hydrogens (tertiary/aromatic N) is 3. The number of urea groups is 1. The highest BCUT2D eigenvalue weighted by molar-refractivity contribution is 7.97. The number of hydrogen-bond acceptors (Lipinski definition) is 6. The Morgan fingerprint density at radius 3 is 2.77 bits per heavy atom. The highest BCUT2D eigenvalue weighted by atomic mass is 32.2. The fraction of sp³-hybridized carbons (Fsp3) is 0.429. The molecule has 0 aliphatic heterocycles. The zero-order valence-electron chi connectivity index (χ0n) is 13.1. The van der Waals surface area contributed by atoms with Crippen molar-refractivity contribution in [2.75, 3.05) is 11.6 Å². The predicted octanol–water partition coefficient (Wildman–Crippen LogP) is 2.57. The molecular weight excluding hydrogens is 302 g/mol. The molecule has 2 aromatic rings. The molecule has 2 N–H and O–H groups in total. The lowest BCUT2D eigenvalue weighted by atomic mass is 10.1. The summed E-state index contributed by atoms with van der Waals surface area (Å²) in [7, 11) is 0. The monoisotopic (exact) mass is 321 g/mol. The molecule has 22 heavy (non-hydrogen) atoms. The number of amides is 2. The summed E-state index contributed by atoms with van der Waals surface area (Å²) in [6, 6.07) is 1.59. The first kappa shape index (κ1) is 16.3. The number of nitrogens with one attached hydrogen (secondary N) is 2. The van der Waals surface area contributed by atoms with Crippen LogP contribution in [-0.4, -0.2) is 27.4 Å². The van der Waals surface area contributed by atoms with Gasteiger partial charge in [0.1, 0.15) is 0 Å². The van der Waals surface area contributed by atoms with Gasteiger partial charge in [0.25, 0.3) is 0 Å². The molecule has 0 radical (unpaired) electrons. The van der Waals surface area contributed by atoms with Gasteiger partial charge in [0.05, 0.1) is 23.7 Å². The average Bonchev–Trinajstić information content (AvgIpc) is 2.89. The van der Waals surface area contributed by atoms with Crippen molar-refractivity contribution in [2.45, 2.75) is 33.1 Å². The van der Waals surface area contributed by atoms with Gasteiger partial charge in [-0.2, -0.15) is 16.7 Å². The van der Waals surface area contributed by atoms with Gasteiger partial charge in [0, 0.05) is 5.69 Å². The molecule has 0 unspecified atom stereocenters. The normalized spacial score (nSPS) is 10.5. The van der Waals surface area contributed by atoms with Crippen molar-refractivity contribution < 1.29 is 9.32 Å². The smallest absolute Gasteiger partial charge is 0.319 e. The third-order valence-corrected chi connectivity index (χ3v) is 3.49. The fourth-order valence-corrected chi connectivity index (χ4v) is 2.45. The van der Waals surface area contributed by atoms with Gasteiger partial charge in [-0.15, -0.1) is 0 Å². The number of aromatic nitrogens is 3. The third-order valence-electron chi connectivity index (χ3n) is 2.95. The first-order valence-corrected chi connectivity index (χ1v) is 8.19. The lowest BCUT2D eigenvalue weighted by molar-refractivity contribution is 0.249. The highest BCUT2D eigenvalue weighted by Gasteiger charge is 2.11. The molecular formula is C14H19N5O2S. The Balaban J connectivity index is 1.93. The predicted molar refractivity (Wildman–Crippen MR) is 85.8 cm³/mol. The van der Waals surface area contributed by atoms with Crippen molar-refractivity contribution in [3.63, 3.8) is 0 Å². The maximum absolute atomic E-state index is 12.0. The first-order valence-electron chi connectivity index (χ1n) is 6.79. The maximum Gasteiger partial charge on any atom is 0.319 e. The van der Waals surface area contributed by atoms with E-state index < -0.39 is 0 Å². The summed E-state index contributed by atoms with van der Waals surface area (Å²) in [6.45, 7) is 5.91. The second-order valence-electron chi connectivity index (χ2n) is 4.89. The van der Waals surface area contributed by atoms with Crippen LogP contribution in [0.1, 0.15) is 28.7 Å². The van der Waals surface area contributed by atoms with E-state index in [4.69, 9.17) is 4.52 Å². The number of carbonyl (C=O) groups is 1. The van der Waals surface area contributed by atoms with Gasteiger partial charge in [0.2, 0.25) is 5.89 Å². The largest absolute Gasteiger partial charge is 0.337 e. The lowest BCUT2D eigenvalue weighted by Gasteiger charge is -2.12. The lowest BCUT2D eigenvalue weighted by Crippen LogP contribution is -2.29. The summed E-state index contributed by atoms with van der Waals surface area (Å²) in [5, 5.41) is 9.31. The van der Waals surface area contributed by atoms with E-state index in [1.807, 2.05) is 33.1 Å². The Morgan fingerprint density at radius 1 is 1.32 bits per heavy atom. The van der Waals surface area contributed by atoms with Crippen LogP contribution in [0.15, 0.2) is 10.6 Å². The molecule has 0 saturated heterocycles. The molecule has 2 amide bonds. The van der Waals surface area contributed by atoms with E-state index in [9.17, 15) is 4.79 Å². The van der Waals surface area contributed by atoms with Crippen molar-refractivity contribution in [3.05, 3.63) is 34.7 Å². The minimum Gasteiger partial charge on any atom is -0.337 e. The topological polar surface area (TPSA) is 92.9 Å². The molecule has 0 aromatic carbocycles. The molecule has 2 aromatic heterocycles. The molecule has 7 nitrogen and oxygen atoms in total. The zero-order chi connectivity index (χ0) is 16.1. The molecule has 2 rings (SSSR count). The van der Waals surface area contributed by atoms with E-state index >= 15 is 0 Å². The van der Waals surface area contributed by atoms with Gasteiger partial charge >= 0.3 is 6.03 Å². The van der Waals surface area contributed by atoms with Gasteiger partial charge in [-0.05, 0) is 38.7 Å². The van der Waals surface area contributed by atoms with Gasteiger partial charge in [-0.1, -0.05) is 5.16 Å². The van der Waals surface area contributed by atoms with Crippen LogP contribution in [-0.2, 0) is 12.3 Å². The summed E-state index contributed by atoms with van der Waals surface area (Å²) in [6.07, 6.45) is 1.96. The molecule has 0 aliphatic carbocycles. The van der Waals surface area contributed by atoms with Crippen LogP contribution in [0.3, 0.4) is 0 Å². The molecule has 2 heterocycles. The molecule has 0 atom stereocenters. The van der Waals surface area contributed by atoms with Crippen molar-refractivity contribution in [1.82, 2.24) is 20.4 Å². The van der Waals surface area contributed by atoms with Gasteiger partial charge in [-0.3, -0.25) is 4.98 Å². The second-order valence-corrected chi connectivity index (χ2v) is 5.75. The maximum atomic E-state index is 12.0. The van der Waals surface area contributed by atoms with E-state index in [-0.39, 0.29) is 12.6 Å². The quantitative estimate of drug-likeness (QED) is 0.879. The number of rotatable bonds is 5. The van der Waals surface area contributed by atoms with E-state index in [0.717, 1.165) is 22.6 Å². The number of hydrogen-bond donors (Lipinski definition) is 2. The molecule has 0 aliphatic rings. The minimum absolute atomic E-state index is 0.185. The van der Waals surface area contributed by atoms with Gasteiger partial charge in [0.15, 0.2) is 5.82 Å². The molecule has 0 fully saturated rings. The summed E-state index contributed by atoms with van der Waals surface area (Å²) in [5.41, 5.74) is 3.40. The Hall–Kier alpha value is -2.09. The van der Waals surface area contributed by atoms with Crippen LogP contribution in [0.2, 0.25) is 0 Å². The summed E-state index contributed by atoms with van der Waals surface area (Å²) < 4.78 is 5.05. The first-order chi connectivity index (χ1) is 10.5. The summed E-state index contributed by atoms with van der Waals surface area (Å²) >= 11 is 1.61. The molecule has 118 valence electrons. The SMILES string of the molecule is CSCc1noc(CNC(=O)Nc2c(C)cc(C)nc2C)n1. The standard InChI is InChI=1S/C14H19N5O2S/c1-8-5-9(2)16-10(3)13(8)18-14(20)15-6-12-17-11(7-22-4)19-21-12/h5H,6-7H2,1-4H3,(H2,15,18,20). The number of carbonyl (C=O) groups excluding carboxylic acids is 1. The third kappa shape index (κ3) is 4.20. The van der Waals surface area contributed by atoms with Crippen LogP contribution < -0.4 is 10.6 Å². The Bertz CT molecular complexity index is 648. The van der Waals surface area contributed by atoms with Gasteiger partial charge < -0.3 is 15.2 Å². The number of thioether (sulfide) groups is 1. The van der Waals surface area contributed by atoms with Crippen LogP contribution in [0.5, 0.6) is 0 Å². The molecule has 0 saturated carbocycles. The number of pyridine rings is 1. The van der Waals surface area contributed by atoms with Crippen LogP contribution in [0.4, 0.5) is 10.5 Å². The average molecular weight is 321 g/mol. The van der Waals surface area contributed by atoms with Crippen LogP contribution >= 0.6 is 11.8 Å². The van der Waals surface area contributed by atoms with Crippen molar-refractivity contribution in [3.8, 4) is 0 Å². The Labute approximate surface area is 133 Å². The Morgan fingerprint density at radius 2 is 2.09 bits per heavy atom. The van der Waals surface area contributed by atoms with Crippen LogP contribution in [0, 0.1) is 20.8 Å². The molecule has 0 spiro atoms. The second kappa shape index (κ2) is 7.26. The number of aryl methyl sites for hydroxylation is 3. The number of anilines is 1. The van der Waals surface area contributed by atoms with Crippen molar-refractivity contribution in [1.29, 1.82) is 0 Å². The van der Waals surface area contributed by atoms with E-state index in [0.29, 0.717) is 17.5 Å². The van der Waals surface area contributed by atoms with E-state index in [1.165, 1.54) is 0 Å². The summed E-state index contributed by atoms with van der Waals surface area (Å²) in [4.78, 5) is 20.5. The highest BCUT2D eigenvalue weighted by Crippen LogP contribution is 2.18. The van der Waals surface area contributed by atoms with Crippen LogP contribution in [0.25, 0.3) is 0 Å². The van der Waals surface area contributed by atoms with Crippen molar-refractivity contribution >= 4 is 23.5 Å². The molecule has 8 heteroatoms. The minimum atomic E-state index is -0.332. The van der Waals surface area contributed by atoms with Crippen molar-refractivity contribution in [2.24, 2.45) is 0 Å².